The zero-order chi connectivity index (χ0) is 25.9. The Morgan fingerprint density at radius 1 is 1.08 bits per heavy atom. The number of amides is 2. The van der Waals surface area contributed by atoms with Crippen LogP contribution in [0.3, 0.4) is 0 Å². The molecule has 36 heavy (non-hydrogen) atoms. The lowest BCUT2D eigenvalue weighted by molar-refractivity contribution is -0.151. The predicted molar refractivity (Wildman–Crippen MR) is 135 cm³/mol. The zero-order valence-electron chi connectivity index (χ0n) is 21.4. The number of carbonyl (C=O) groups is 3. The van der Waals surface area contributed by atoms with E-state index >= 15 is 0 Å². The van der Waals surface area contributed by atoms with Crippen LogP contribution in [0, 0.1) is 5.92 Å². The molecule has 0 bridgehead atoms. The van der Waals surface area contributed by atoms with Crippen molar-refractivity contribution in [2.24, 2.45) is 5.92 Å². The topological polar surface area (TPSA) is 114 Å². The van der Waals surface area contributed by atoms with E-state index in [4.69, 9.17) is 4.74 Å². The average Bonchev–Trinajstić information content (AvgIpc) is 3.22. The number of ether oxygens (including phenoxy) is 1. The summed E-state index contributed by atoms with van der Waals surface area (Å²) in [4.78, 5) is 49.3. The first-order valence-corrected chi connectivity index (χ1v) is 12.5. The maximum Gasteiger partial charge on any atom is 0.310 e. The lowest BCUT2D eigenvalue weighted by atomic mass is 9.80. The number of hydrogen-bond acceptors (Lipinski definition) is 7. The molecule has 2 aromatic rings. The minimum Gasteiger partial charge on any atom is -0.469 e. The first kappa shape index (κ1) is 25.8. The van der Waals surface area contributed by atoms with Crippen LogP contribution in [0.15, 0.2) is 42.7 Å². The van der Waals surface area contributed by atoms with Gasteiger partial charge in [0, 0.05) is 29.7 Å². The second kappa shape index (κ2) is 10.7. The minimum absolute atomic E-state index is 0.0717. The molecule has 192 valence electrons. The van der Waals surface area contributed by atoms with Crippen molar-refractivity contribution in [1.82, 2.24) is 25.5 Å². The molecule has 1 aliphatic heterocycles. The highest BCUT2D eigenvalue weighted by molar-refractivity contribution is 5.97. The largest absolute Gasteiger partial charge is 0.469 e. The molecule has 4 atom stereocenters. The Kier molecular flexibility index (Phi) is 7.68. The normalized spacial score (nSPS) is 24.4. The molecule has 1 saturated carbocycles. The highest BCUT2D eigenvalue weighted by Crippen LogP contribution is 2.33. The summed E-state index contributed by atoms with van der Waals surface area (Å²) in [6.45, 7) is 6.78. The molecule has 0 unspecified atom stereocenters. The third-order valence-corrected chi connectivity index (χ3v) is 6.84. The molecular weight excluding hydrogens is 458 g/mol. The molecular formula is C27H35N5O4. The number of nitrogens with zero attached hydrogens (tertiary/aromatic N) is 3. The Morgan fingerprint density at radius 3 is 2.53 bits per heavy atom. The van der Waals surface area contributed by atoms with E-state index in [0.717, 1.165) is 12.0 Å². The Balaban J connectivity index is 1.43. The van der Waals surface area contributed by atoms with Crippen LogP contribution in [0.4, 0.5) is 0 Å². The van der Waals surface area contributed by atoms with E-state index < -0.39 is 17.9 Å². The fourth-order valence-corrected chi connectivity index (χ4v) is 5.30. The number of benzene rings is 1. The average molecular weight is 494 g/mol. The van der Waals surface area contributed by atoms with E-state index in [1.165, 1.54) is 13.3 Å². The lowest BCUT2D eigenvalue weighted by Gasteiger charge is -2.41. The molecule has 2 fully saturated rings. The maximum absolute atomic E-state index is 13.3. The van der Waals surface area contributed by atoms with Gasteiger partial charge in [-0.3, -0.25) is 19.4 Å². The van der Waals surface area contributed by atoms with Gasteiger partial charge in [0.25, 0.3) is 5.91 Å². The number of rotatable bonds is 6. The Hall–Kier alpha value is -3.33. The molecule has 9 nitrogen and oxygen atoms in total. The minimum atomic E-state index is -0.664. The Labute approximate surface area is 212 Å². The van der Waals surface area contributed by atoms with Gasteiger partial charge < -0.3 is 20.3 Å². The molecule has 4 rings (SSSR count). The van der Waals surface area contributed by atoms with Crippen molar-refractivity contribution < 1.29 is 19.1 Å². The summed E-state index contributed by atoms with van der Waals surface area (Å²) >= 11 is 0. The van der Waals surface area contributed by atoms with E-state index in [9.17, 15) is 14.4 Å². The molecule has 2 N–H and O–H groups in total. The molecule has 0 radical (unpaired) electrons. The lowest BCUT2D eigenvalue weighted by Crippen LogP contribution is -2.55. The maximum atomic E-state index is 13.3. The third-order valence-electron chi connectivity index (χ3n) is 6.84. The molecule has 2 aliphatic rings. The van der Waals surface area contributed by atoms with Crippen LogP contribution in [-0.4, -0.2) is 70.0 Å². The summed E-state index contributed by atoms with van der Waals surface area (Å²) in [6, 6.07) is 8.75. The fraction of sp³-hybridized carbons (Fsp3) is 0.519. The summed E-state index contributed by atoms with van der Waals surface area (Å²) in [5, 5.41) is 6.41. The van der Waals surface area contributed by atoms with E-state index in [1.807, 2.05) is 30.3 Å². The quantitative estimate of drug-likeness (QED) is 0.595. The second-order valence-corrected chi connectivity index (χ2v) is 10.6. The van der Waals surface area contributed by atoms with Gasteiger partial charge in [0.1, 0.15) is 11.7 Å². The van der Waals surface area contributed by atoms with Gasteiger partial charge in [-0.15, -0.1) is 0 Å². The summed E-state index contributed by atoms with van der Waals surface area (Å²) in [6.07, 6.45) is 5.65. The molecule has 2 amide bonds. The molecule has 1 aliphatic carbocycles. The molecule has 1 aromatic carbocycles. The van der Waals surface area contributed by atoms with Crippen molar-refractivity contribution in [3.8, 4) is 11.3 Å². The molecule has 1 aromatic heterocycles. The highest BCUT2D eigenvalue weighted by atomic mass is 16.5. The number of nitrogens with one attached hydrogen (secondary N) is 2. The van der Waals surface area contributed by atoms with Gasteiger partial charge in [-0.2, -0.15) is 0 Å². The van der Waals surface area contributed by atoms with Crippen LogP contribution < -0.4 is 10.6 Å². The number of likely N-dealkylation sites (tertiary alicyclic amines) is 1. The number of methoxy groups -OCH3 is 1. The summed E-state index contributed by atoms with van der Waals surface area (Å²) in [5.41, 5.74) is 1.53. The smallest absolute Gasteiger partial charge is 0.310 e. The van der Waals surface area contributed by atoms with Gasteiger partial charge in [-0.25, -0.2) is 4.98 Å². The van der Waals surface area contributed by atoms with Crippen molar-refractivity contribution in [3.63, 3.8) is 0 Å². The molecule has 9 heteroatoms. The van der Waals surface area contributed by atoms with Crippen LogP contribution in [-0.2, 0) is 14.3 Å². The Bertz CT molecular complexity index is 1100. The SMILES string of the molecule is COC(=O)[C@@H]1C[C@H](NC(C)(C)C)CC[C@@H]1N1CC[C@H](NC(=O)c2cncc(-c3ccccc3)n2)C1=O. The standard InChI is InChI=1S/C27H35N5O4/c1-27(2,3)31-18-10-11-23(19(14-18)26(35)36-4)32-13-12-20(25(32)34)30-24(33)22-16-28-15-21(29-22)17-8-6-5-7-9-17/h5-9,15-16,18-20,23,31H,10-14H2,1-4H3,(H,30,33)/t18-,19-,20+,23+/m1/s1. The van der Waals surface area contributed by atoms with Crippen molar-refractivity contribution in [2.75, 3.05) is 13.7 Å². The zero-order valence-corrected chi connectivity index (χ0v) is 21.4. The number of esters is 1. The van der Waals surface area contributed by atoms with Gasteiger partial charge in [0.05, 0.1) is 31.1 Å². The van der Waals surface area contributed by atoms with Gasteiger partial charge in [-0.05, 0) is 46.5 Å². The van der Waals surface area contributed by atoms with E-state index in [2.05, 4.69) is 41.4 Å². The predicted octanol–water partition coefficient (Wildman–Crippen LogP) is 2.57. The first-order valence-electron chi connectivity index (χ1n) is 12.5. The number of hydrogen-bond donors (Lipinski definition) is 2. The number of aromatic nitrogens is 2. The monoisotopic (exact) mass is 493 g/mol. The second-order valence-electron chi connectivity index (χ2n) is 10.6. The molecule has 2 heterocycles. The van der Waals surface area contributed by atoms with Crippen LogP contribution in [0.5, 0.6) is 0 Å². The molecule has 0 spiro atoms. The van der Waals surface area contributed by atoms with Crippen molar-refractivity contribution in [2.45, 2.75) is 70.1 Å². The summed E-state index contributed by atoms with van der Waals surface area (Å²) in [5.74, 6) is -1.32. The first-order chi connectivity index (χ1) is 17.2. The van der Waals surface area contributed by atoms with Gasteiger partial charge in [-0.1, -0.05) is 30.3 Å². The van der Waals surface area contributed by atoms with Crippen LogP contribution in [0.1, 0.15) is 56.9 Å². The van der Waals surface area contributed by atoms with Gasteiger partial charge in [0.15, 0.2) is 0 Å². The van der Waals surface area contributed by atoms with E-state index in [1.54, 1.807) is 11.1 Å². The molecule has 1 saturated heterocycles. The third kappa shape index (κ3) is 5.90. The fourth-order valence-electron chi connectivity index (χ4n) is 5.30. The van der Waals surface area contributed by atoms with Crippen LogP contribution >= 0.6 is 0 Å². The number of carbonyl (C=O) groups excluding carboxylic acids is 3. The highest BCUT2D eigenvalue weighted by Gasteiger charge is 2.45. The van der Waals surface area contributed by atoms with Gasteiger partial charge >= 0.3 is 5.97 Å². The summed E-state index contributed by atoms with van der Waals surface area (Å²) in [7, 11) is 1.39. The van der Waals surface area contributed by atoms with Crippen LogP contribution in [0.2, 0.25) is 0 Å². The van der Waals surface area contributed by atoms with Crippen molar-refractivity contribution >= 4 is 17.8 Å². The van der Waals surface area contributed by atoms with E-state index in [-0.39, 0.29) is 35.2 Å². The van der Waals surface area contributed by atoms with Crippen molar-refractivity contribution in [1.29, 1.82) is 0 Å². The van der Waals surface area contributed by atoms with Gasteiger partial charge in [0.2, 0.25) is 5.91 Å². The van der Waals surface area contributed by atoms with Crippen molar-refractivity contribution in [3.05, 3.63) is 48.4 Å². The van der Waals surface area contributed by atoms with Crippen LogP contribution in [0.25, 0.3) is 11.3 Å². The summed E-state index contributed by atoms with van der Waals surface area (Å²) < 4.78 is 5.10. The Morgan fingerprint density at radius 2 is 1.83 bits per heavy atom. The van der Waals surface area contributed by atoms with E-state index in [0.29, 0.717) is 31.5 Å².